The number of aliphatic hydroxyl groups is 1. The number of benzene rings is 1. The lowest BCUT2D eigenvalue weighted by atomic mass is 9.99. The van der Waals surface area contributed by atoms with Crippen molar-refractivity contribution in [2.75, 3.05) is 0 Å². The quantitative estimate of drug-likeness (QED) is 0.846. The molecule has 0 spiro atoms. The Labute approximate surface area is 91.9 Å². The topological polar surface area (TPSA) is 20.2 Å². The van der Waals surface area contributed by atoms with E-state index in [2.05, 4.69) is 0 Å². The van der Waals surface area contributed by atoms with Crippen molar-refractivity contribution in [1.82, 2.24) is 0 Å². The molecule has 1 unspecified atom stereocenters. The summed E-state index contributed by atoms with van der Waals surface area (Å²) >= 11 is 0. The van der Waals surface area contributed by atoms with Crippen LogP contribution in [0.1, 0.15) is 24.0 Å². The third-order valence-corrected chi connectivity index (χ3v) is 2.92. The minimum Gasteiger partial charge on any atom is -0.392 e. The minimum atomic E-state index is -4.33. The first-order valence-corrected chi connectivity index (χ1v) is 5.31. The summed E-state index contributed by atoms with van der Waals surface area (Å²) in [6, 6.07) is 5.45. The van der Waals surface area contributed by atoms with Crippen LogP contribution < -0.4 is 0 Å². The predicted molar refractivity (Wildman–Crippen MR) is 53.9 cm³/mol. The summed E-state index contributed by atoms with van der Waals surface area (Å²) in [7, 11) is 0. The third kappa shape index (κ3) is 2.55. The smallest absolute Gasteiger partial charge is 0.392 e. The molecule has 0 heterocycles. The van der Waals surface area contributed by atoms with Crippen LogP contribution in [0.25, 0.3) is 0 Å². The van der Waals surface area contributed by atoms with Crippen molar-refractivity contribution in [3.63, 3.8) is 0 Å². The molecule has 0 saturated heterocycles. The van der Waals surface area contributed by atoms with Crippen molar-refractivity contribution in [1.29, 1.82) is 0 Å². The van der Waals surface area contributed by atoms with Crippen molar-refractivity contribution < 1.29 is 18.3 Å². The van der Waals surface area contributed by atoms with Gasteiger partial charge in [-0.2, -0.15) is 13.2 Å². The van der Waals surface area contributed by atoms with Crippen LogP contribution in [0.4, 0.5) is 13.2 Å². The van der Waals surface area contributed by atoms with Gasteiger partial charge >= 0.3 is 6.18 Å². The van der Waals surface area contributed by atoms with Crippen molar-refractivity contribution in [2.45, 2.75) is 31.5 Å². The normalized spacial score (nSPS) is 18.5. The molecule has 1 saturated carbocycles. The summed E-state index contributed by atoms with van der Waals surface area (Å²) in [4.78, 5) is 0. The molecular weight excluding hydrogens is 217 g/mol. The van der Waals surface area contributed by atoms with Crippen molar-refractivity contribution in [2.24, 2.45) is 5.92 Å². The molecule has 1 aliphatic carbocycles. The highest BCUT2D eigenvalue weighted by molar-refractivity contribution is 5.30. The molecule has 0 amide bonds. The molecule has 1 fully saturated rings. The number of aliphatic hydroxyl groups excluding tert-OH is 1. The van der Waals surface area contributed by atoms with E-state index in [4.69, 9.17) is 0 Å². The highest BCUT2D eigenvalue weighted by Crippen LogP contribution is 2.37. The molecule has 0 bridgehead atoms. The number of hydrogen-bond acceptors (Lipinski definition) is 1. The molecule has 4 heteroatoms. The zero-order valence-corrected chi connectivity index (χ0v) is 8.67. The van der Waals surface area contributed by atoms with Crippen LogP contribution in [0.15, 0.2) is 24.3 Å². The number of rotatable bonds is 3. The Hall–Kier alpha value is -1.03. The van der Waals surface area contributed by atoms with Gasteiger partial charge in [0.25, 0.3) is 0 Å². The average Bonchev–Trinajstić information content (AvgIpc) is 2.99. The van der Waals surface area contributed by atoms with E-state index >= 15 is 0 Å². The van der Waals surface area contributed by atoms with Crippen LogP contribution in [0, 0.1) is 5.92 Å². The number of halogens is 3. The lowest BCUT2D eigenvalue weighted by Gasteiger charge is -2.15. The maximum atomic E-state index is 12.6. The maximum absolute atomic E-state index is 12.6. The van der Waals surface area contributed by atoms with Crippen molar-refractivity contribution >= 4 is 0 Å². The highest BCUT2D eigenvalue weighted by Gasteiger charge is 2.35. The molecule has 16 heavy (non-hydrogen) atoms. The molecule has 0 aromatic heterocycles. The molecule has 2 rings (SSSR count). The second-order valence-corrected chi connectivity index (χ2v) is 4.26. The molecule has 1 nitrogen and oxygen atoms in total. The first-order chi connectivity index (χ1) is 7.48. The van der Waals surface area contributed by atoms with E-state index in [-0.39, 0.29) is 17.9 Å². The minimum absolute atomic E-state index is 0.0976. The maximum Gasteiger partial charge on any atom is 0.416 e. The number of alkyl halides is 3. The Morgan fingerprint density at radius 1 is 1.25 bits per heavy atom. The fourth-order valence-electron chi connectivity index (χ4n) is 1.85. The fraction of sp³-hybridized carbons (Fsp3) is 0.500. The van der Waals surface area contributed by atoms with E-state index in [1.807, 2.05) is 0 Å². The average molecular weight is 230 g/mol. The van der Waals surface area contributed by atoms with E-state index in [1.165, 1.54) is 12.1 Å². The lowest BCUT2D eigenvalue weighted by Crippen LogP contribution is -2.17. The second kappa shape index (κ2) is 4.09. The van der Waals surface area contributed by atoms with Gasteiger partial charge in [-0.1, -0.05) is 18.2 Å². The van der Waals surface area contributed by atoms with Gasteiger partial charge in [0, 0.05) is 0 Å². The van der Waals surface area contributed by atoms with Gasteiger partial charge in [0.2, 0.25) is 0 Å². The van der Waals surface area contributed by atoms with Crippen LogP contribution in [0.3, 0.4) is 0 Å². The van der Waals surface area contributed by atoms with E-state index in [9.17, 15) is 18.3 Å². The van der Waals surface area contributed by atoms with Gasteiger partial charge in [-0.25, -0.2) is 0 Å². The van der Waals surface area contributed by atoms with Gasteiger partial charge in [-0.15, -0.1) is 0 Å². The summed E-state index contributed by atoms with van der Waals surface area (Å²) in [6.07, 6.45) is -3.02. The summed E-state index contributed by atoms with van der Waals surface area (Å²) in [5.41, 5.74) is -0.441. The van der Waals surface area contributed by atoms with Crippen LogP contribution in [-0.2, 0) is 12.6 Å². The van der Waals surface area contributed by atoms with Crippen LogP contribution in [0.2, 0.25) is 0 Å². The first kappa shape index (κ1) is 11.5. The van der Waals surface area contributed by atoms with Crippen molar-refractivity contribution in [3.8, 4) is 0 Å². The molecule has 88 valence electrons. The number of hydrogen-bond donors (Lipinski definition) is 1. The molecule has 0 aliphatic heterocycles. The largest absolute Gasteiger partial charge is 0.416 e. The zero-order chi connectivity index (χ0) is 11.8. The predicted octanol–water partition coefficient (Wildman–Crippen LogP) is 3.02. The standard InChI is InChI=1S/C12H13F3O/c13-12(14,15)10-4-2-1-3-9(10)7-11(16)8-5-6-8/h1-4,8,11,16H,5-7H2. The Bertz CT molecular complexity index is 369. The van der Waals surface area contributed by atoms with Gasteiger partial charge in [0.05, 0.1) is 11.7 Å². The van der Waals surface area contributed by atoms with E-state index in [0.717, 1.165) is 18.9 Å². The molecule has 1 aromatic carbocycles. The zero-order valence-electron chi connectivity index (χ0n) is 8.67. The van der Waals surface area contributed by atoms with Crippen LogP contribution in [-0.4, -0.2) is 11.2 Å². The summed E-state index contributed by atoms with van der Waals surface area (Å²) in [5, 5.41) is 9.67. The van der Waals surface area contributed by atoms with Gasteiger partial charge in [0.15, 0.2) is 0 Å². The van der Waals surface area contributed by atoms with Crippen LogP contribution >= 0.6 is 0 Å². The lowest BCUT2D eigenvalue weighted by molar-refractivity contribution is -0.138. The van der Waals surface area contributed by atoms with Crippen molar-refractivity contribution in [3.05, 3.63) is 35.4 Å². The Morgan fingerprint density at radius 2 is 1.88 bits per heavy atom. The highest BCUT2D eigenvalue weighted by atomic mass is 19.4. The molecule has 1 aliphatic rings. The SMILES string of the molecule is OC(Cc1ccccc1C(F)(F)F)C1CC1. The van der Waals surface area contributed by atoms with E-state index in [0.29, 0.717) is 0 Å². The van der Waals surface area contributed by atoms with Gasteiger partial charge in [-0.3, -0.25) is 0 Å². The summed E-state index contributed by atoms with van der Waals surface area (Å²) < 4.78 is 37.9. The third-order valence-electron chi connectivity index (χ3n) is 2.92. The van der Waals surface area contributed by atoms with Crippen LogP contribution in [0.5, 0.6) is 0 Å². The fourth-order valence-corrected chi connectivity index (χ4v) is 1.85. The monoisotopic (exact) mass is 230 g/mol. The van der Waals surface area contributed by atoms with E-state index < -0.39 is 17.8 Å². The summed E-state index contributed by atoms with van der Waals surface area (Å²) in [6.45, 7) is 0. The summed E-state index contributed by atoms with van der Waals surface area (Å²) in [5.74, 6) is 0.196. The molecule has 0 radical (unpaired) electrons. The Morgan fingerprint density at radius 3 is 2.44 bits per heavy atom. The van der Waals surface area contributed by atoms with Gasteiger partial charge < -0.3 is 5.11 Å². The van der Waals surface area contributed by atoms with Gasteiger partial charge in [0.1, 0.15) is 0 Å². The molecular formula is C12H13F3O. The second-order valence-electron chi connectivity index (χ2n) is 4.26. The Kier molecular flexibility index (Phi) is 2.93. The molecule has 1 aromatic rings. The first-order valence-electron chi connectivity index (χ1n) is 5.31. The van der Waals surface area contributed by atoms with E-state index in [1.54, 1.807) is 6.07 Å². The molecule has 1 atom stereocenters. The molecule has 1 N–H and O–H groups in total. The van der Waals surface area contributed by atoms with Gasteiger partial charge in [-0.05, 0) is 36.8 Å². The Balaban J connectivity index is 2.19.